The lowest BCUT2D eigenvalue weighted by molar-refractivity contribution is -0.750. The first-order valence-corrected chi connectivity index (χ1v) is 9.65. The molecule has 3 aliphatic rings. The molecule has 0 saturated carbocycles. The molecule has 2 N–H and O–H groups in total. The summed E-state index contributed by atoms with van der Waals surface area (Å²) in [7, 11) is 0. The zero-order chi connectivity index (χ0) is 20.1. The van der Waals surface area contributed by atoms with Crippen molar-refractivity contribution in [2.75, 3.05) is 0 Å². The number of quaternary nitrogens is 1. The van der Waals surface area contributed by atoms with Crippen LogP contribution in [0.15, 0.2) is 112 Å². The quantitative estimate of drug-likeness (QED) is 0.543. The molecule has 1 aromatic carbocycles. The van der Waals surface area contributed by atoms with Gasteiger partial charge in [0.1, 0.15) is 11.9 Å². The third-order valence-corrected chi connectivity index (χ3v) is 5.55. The maximum atomic E-state index is 6.80. The molecule has 0 saturated heterocycles. The fourth-order valence-corrected chi connectivity index (χ4v) is 3.88. The van der Waals surface area contributed by atoms with Crippen LogP contribution in [0.25, 0.3) is 22.2 Å². The lowest BCUT2D eigenvalue weighted by Gasteiger charge is -2.26. The summed E-state index contributed by atoms with van der Waals surface area (Å²) in [5.41, 5.74) is 6.55. The summed E-state index contributed by atoms with van der Waals surface area (Å²) < 4.78 is -0.000431. The van der Waals surface area contributed by atoms with Gasteiger partial charge in [-0.3, -0.25) is 9.98 Å². The molecule has 1 aliphatic carbocycles. The maximum Gasteiger partial charge on any atom is 0.265 e. The SMILES string of the molecule is N[N+]12C=CN=CC1=C(C1=CC=C1)N=C2c1ccc2ccc(-c3ccncc3)nc2c1. The van der Waals surface area contributed by atoms with Crippen molar-refractivity contribution in [3.8, 4) is 11.3 Å². The number of hydrogen-bond acceptors (Lipinski definition) is 5. The molecule has 6 heteroatoms. The van der Waals surface area contributed by atoms with E-state index in [1.807, 2.05) is 48.7 Å². The summed E-state index contributed by atoms with van der Waals surface area (Å²) in [5, 5.41) is 1.06. The van der Waals surface area contributed by atoms with Crippen molar-refractivity contribution >= 4 is 23.0 Å². The van der Waals surface area contributed by atoms with E-state index in [1.165, 1.54) is 0 Å². The predicted molar refractivity (Wildman–Crippen MR) is 118 cm³/mol. The van der Waals surface area contributed by atoms with Gasteiger partial charge in [0.05, 0.1) is 29.2 Å². The van der Waals surface area contributed by atoms with Crippen molar-refractivity contribution in [2.24, 2.45) is 15.8 Å². The number of fused-ring (bicyclic) bond motifs is 2. The first kappa shape index (κ1) is 16.9. The smallest absolute Gasteiger partial charge is 0.265 e. The second kappa shape index (κ2) is 6.25. The van der Waals surface area contributed by atoms with Crippen LogP contribution in [-0.2, 0) is 0 Å². The molecule has 0 spiro atoms. The van der Waals surface area contributed by atoms with Gasteiger partial charge in [0.2, 0.25) is 5.70 Å². The van der Waals surface area contributed by atoms with Gasteiger partial charge in [-0.1, -0.05) is 30.4 Å². The number of allylic oxidation sites excluding steroid dienone is 4. The molecule has 2 aromatic heterocycles. The van der Waals surface area contributed by atoms with E-state index >= 15 is 0 Å². The number of rotatable bonds is 3. The van der Waals surface area contributed by atoms with E-state index in [1.54, 1.807) is 24.8 Å². The third-order valence-electron chi connectivity index (χ3n) is 5.55. The number of nitrogens with zero attached hydrogens (tertiary/aromatic N) is 5. The summed E-state index contributed by atoms with van der Waals surface area (Å²) in [4.78, 5) is 18.2. The highest BCUT2D eigenvalue weighted by Gasteiger charge is 2.44. The van der Waals surface area contributed by atoms with Crippen molar-refractivity contribution in [1.29, 1.82) is 0 Å². The van der Waals surface area contributed by atoms with Crippen LogP contribution in [-0.4, -0.2) is 26.6 Å². The highest BCUT2D eigenvalue weighted by atomic mass is 15.6. The number of hydrogen-bond donors (Lipinski definition) is 1. The molecule has 6 rings (SSSR count). The molecule has 142 valence electrons. The minimum Gasteiger partial charge on any atom is -0.265 e. The highest BCUT2D eigenvalue weighted by Crippen LogP contribution is 2.36. The van der Waals surface area contributed by atoms with E-state index in [0.717, 1.165) is 50.5 Å². The average molecular weight is 389 g/mol. The Hall–Kier alpha value is -4.00. The summed E-state index contributed by atoms with van der Waals surface area (Å²) >= 11 is 0. The Labute approximate surface area is 173 Å². The number of nitrogens with two attached hydrogens (primary N) is 1. The minimum atomic E-state index is -0.000431. The van der Waals surface area contributed by atoms with Crippen LogP contribution in [0.5, 0.6) is 0 Å². The molecule has 3 aromatic rings. The Morgan fingerprint density at radius 3 is 2.57 bits per heavy atom. The number of pyridine rings is 2. The summed E-state index contributed by atoms with van der Waals surface area (Å²) in [5.74, 6) is 7.56. The van der Waals surface area contributed by atoms with Crippen molar-refractivity contribution in [3.05, 3.63) is 108 Å². The zero-order valence-electron chi connectivity index (χ0n) is 16.0. The van der Waals surface area contributed by atoms with Gasteiger partial charge >= 0.3 is 0 Å². The lowest BCUT2D eigenvalue weighted by Crippen LogP contribution is -2.53. The standard InChI is InChI=1S/C24H17N6/c25-30-13-12-27-15-22(30)23(18-2-1-3-18)29-24(30)19-5-4-16-6-7-20(28-21(16)14-19)17-8-10-26-11-9-17/h1-15H,25H2/q+1. The first-order chi connectivity index (χ1) is 14.7. The fraction of sp³-hybridized carbons (Fsp3) is 0. The normalized spacial score (nSPS) is 21.5. The maximum absolute atomic E-state index is 6.80. The van der Waals surface area contributed by atoms with Crippen LogP contribution in [0.1, 0.15) is 5.56 Å². The van der Waals surface area contributed by atoms with Gasteiger partial charge in [-0.2, -0.15) is 10.8 Å². The van der Waals surface area contributed by atoms with E-state index < -0.39 is 0 Å². The fourth-order valence-electron chi connectivity index (χ4n) is 3.88. The molecular formula is C24H17N6+. The van der Waals surface area contributed by atoms with Gasteiger partial charge in [0.25, 0.3) is 5.84 Å². The predicted octanol–water partition coefficient (Wildman–Crippen LogP) is 4.01. The van der Waals surface area contributed by atoms with Crippen molar-refractivity contribution < 1.29 is 4.59 Å². The Balaban J connectivity index is 1.48. The van der Waals surface area contributed by atoms with Gasteiger partial charge in [-0.15, -0.1) is 4.59 Å². The first-order valence-electron chi connectivity index (χ1n) is 9.65. The Kier molecular flexibility index (Phi) is 3.52. The second-order valence-corrected chi connectivity index (χ2v) is 7.34. The molecule has 1 atom stereocenters. The molecular weight excluding hydrogens is 372 g/mol. The second-order valence-electron chi connectivity index (χ2n) is 7.34. The number of amidine groups is 1. The van der Waals surface area contributed by atoms with Gasteiger partial charge in [-0.05, 0) is 30.3 Å². The monoisotopic (exact) mass is 389 g/mol. The third kappa shape index (κ3) is 2.45. The van der Waals surface area contributed by atoms with Crippen LogP contribution >= 0.6 is 0 Å². The van der Waals surface area contributed by atoms with Gasteiger partial charge < -0.3 is 0 Å². The van der Waals surface area contributed by atoms with Crippen LogP contribution in [0.2, 0.25) is 0 Å². The Morgan fingerprint density at radius 2 is 1.77 bits per heavy atom. The van der Waals surface area contributed by atoms with Crippen LogP contribution in [0, 0.1) is 0 Å². The topological polar surface area (TPSA) is 76.5 Å². The summed E-state index contributed by atoms with van der Waals surface area (Å²) in [6, 6.07) is 14.2. The highest BCUT2D eigenvalue weighted by molar-refractivity contribution is 6.03. The van der Waals surface area contributed by atoms with Crippen LogP contribution < -0.4 is 5.84 Å². The molecule has 30 heavy (non-hydrogen) atoms. The lowest BCUT2D eigenvalue weighted by atomic mass is 10.0. The van der Waals surface area contributed by atoms with Crippen LogP contribution in [0.3, 0.4) is 0 Å². The van der Waals surface area contributed by atoms with E-state index in [4.69, 9.17) is 15.8 Å². The van der Waals surface area contributed by atoms with Gasteiger partial charge in [0, 0.05) is 28.9 Å². The largest absolute Gasteiger partial charge is 0.265 e. The van der Waals surface area contributed by atoms with Gasteiger partial charge in [0.15, 0.2) is 0 Å². The average Bonchev–Trinajstić information content (AvgIpc) is 3.05. The zero-order valence-corrected chi connectivity index (χ0v) is 16.0. The molecule has 0 amide bonds. The number of aromatic nitrogens is 2. The molecule has 4 heterocycles. The molecule has 0 fully saturated rings. The summed E-state index contributed by atoms with van der Waals surface area (Å²) in [6.45, 7) is 0. The van der Waals surface area contributed by atoms with Crippen LogP contribution in [0.4, 0.5) is 0 Å². The Morgan fingerprint density at radius 1 is 0.933 bits per heavy atom. The molecule has 0 bridgehead atoms. The van der Waals surface area contributed by atoms with Gasteiger partial charge in [-0.25, -0.2) is 4.98 Å². The molecule has 0 radical (unpaired) electrons. The Bertz CT molecular complexity index is 1390. The molecule has 2 aliphatic heterocycles. The van der Waals surface area contributed by atoms with E-state index in [2.05, 4.69) is 28.2 Å². The van der Waals surface area contributed by atoms with Crippen molar-refractivity contribution in [2.45, 2.75) is 0 Å². The molecule has 6 nitrogen and oxygen atoms in total. The minimum absolute atomic E-state index is 0.000431. The van der Waals surface area contributed by atoms with Crippen molar-refractivity contribution in [3.63, 3.8) is 0 Å². The summed E-state index contributed by atoms with van der Waals surface area (Å²) in [6.07, 6.45) is 15.0. The van der Waals surface area contributed by atoms with E-state index in [9.17, 15) is 0 Å². The molecule has 1 unspecified atom stereocenters. The van der Waals surface area contributed by atoms with Crippen molar-refractivity contribution in [1.82, 2.24) is 9.97 Å². The van der Waals surface area contributed by atoms with E-state index in [-0.39, 0.29) is 4.59 Å². The number of aliphatic imine (C=N–C) groups is 2. The van der Waals surface area contributed by atoms with E-state index in [0.29, 0.717) is 0 Å². The number of benzene rings is 1.